The summed E-state index contributed by atoms with van der Waals surface area (Å²) in [4.78, 5) is 28.9. The normalized spacial score (nSPS) is 16.8. The summed E-state index contributed by atoms with van der Waals surface area (Å²) in [5, 5.41) is 2.88. The Kier molecular flexibility index (Phi) is 7.36. The van der Waals surface area contributed by atoms with Crippen LogP contribution in [0.15, 0.2) is 48.0 Å². The van der Waals surface area contributed by atoms with Gasteiger partial charge >= 0.3 is 0 Å². The number of rotatable bonds is 7. The molecule has 39 heavy (non-hydrogen) atoms. The summed E-state index contributed by atoms with van der Waals surface area (Å²) >= 11 is 1.57. The zero-order valence-electron chi connectivity index (χ0n) is 22.6. The highest BCUT2D eigenvalue weighted by atomic mass is 32.1. The number of piperidine rings is 1. The number of halogens is 1. The number of nitrogens with zero attached hydrogens (tertiary/aromatic N) is 6. The van der Waals surface area contributed by atoms with Crippen LogP contribution in [-0.4, -0.2) is 69.8 Å². The van der Waals surface area contributed by atoms with Crippen LogP contribution in [-0.2, 0) is 11.2 Å². The lowest BCUT2D eigenvalue weighted by Crippen LogP contribution is -2.42. The highest BCUT2D eigenvalue weighted by molar-refractivity contribution is 7.14. The van der Waals surface area contributed by atoms with E-state index >= 15 is 0 Å². The number of benzene rings is 1. The molecule has 6 rings (SSSR count). The zero-order chi connectivity index (χ0) is 26.9. The van der Waals surface area contributed by atoms with Crippen LogP contribution in [0.5, 0.6) is 0 Å². The van der Waals surface area contributed by atoms with E-state index in [-0.39, 0.29) is 11.7 Å². The standard InChI is InChI=1S/C30H35FN6OS/c1-3-25-29(34(2)30-33-26(20-39-30)22-6-9-24(31)10-7-22)37-18-23(8-11-27(37)32-25)21-12-16-35(17-13-21)19-28(38)36-14-4-5-15-36/h6-11,18,20-21H,3-5,12-17,19H2,1-2H3. The molecule has 0 radical (unpaired) electrons. The van der Waals surface area contributed by atoms with Gasteiger partial charge in [0.15, 0.2) is 5.13 Å². The number of likely N-dealkylation sites (tertiary alicyclic amines) is 2. The molecule has 0 saturated carbocycles. The number of hydrogen-bond acceptors (Lipinski definition) is 6. The average Bonchev–Trinajstić information content (AvgIpc) is 3.73. The molecule has 5 heterocycles. The molecule has 0 N–H and O–H groups in total. The molecule has 1 aromatic carbocycles. The van der Waals surface area contributed by atoms with Crippen molar-refractivity contribution in [2.75, 3.05) is 44.7 Å². The van der Waals surface area contributed by atoms with Crippen LogP contribution in [0.3, 0.4) is 0 Å². The number of aromatic nitrogens is 3. The Balaban J connectivity index is 1.20. The molecular formula is C30H35FN6OS. The highest BCUT2D eigenvalue weighted by Gasteiger charge is 2.26. The first-order valence-corrected chi connectivity index (χ1v) is 14.8. The van der Waals surface area contributed by atoms with Gasteiger partial charge in [-0.3, -0.25) is 14.1 Å². The lowest BCUT2D eigenvalue weighted by molar-refractivity contribution is -0.131. The Morgan fingerprint density at radius 2 is 1.79 bits per heavy atom. The zero-order valence-corrected chi connectivity index (χ0v) is 23.5. The Bertz CT molecular complexity index is 1450. The van der Waals surface area contributed by atoms with Crippen LogP contribution < -0.4 is 4.90 Å². The second-order valence-corrected chi connectivity index (χ2v) is 11.5. The molecule has 0 aliphatic carbocycles. The number of anilines is 2. The number of pyridine rings is 1. The van der Waals surface area contributed by atoms with Crippen molar-refractivity contribution in [2.24, 2.45) is 0 Å². The fourth-order valence-electron chi connectivity index (χ4n) is 5.88. The number of carbonyl (C=O) groups excluding carboxylic acids is 1. The number of carbonyl (C=O) groups is 1. The van der Waals surface area contributed by atoms with Crippen molar-refractivity contribution in [3.8, 4) is 11.3 Å². The lowest BCUT2D eigenvalue weighted by Gasteiger charge is -2.32. The van der Waals surface area contributed by atoms with E-state index in [0.717, 1.165) is 91.8 Å². The van der Waals surface area contributed by atoms with E-state index < -0.39 is 0 Å². The molecule has 204 valence electrons. The van der Waals surface area contributed by atoms with Gasteiger partial charge in [-0.1, -0.05) is 13.0 Å². The SMILES string of the molecule is CCc1nc2ccc(C3CCN(CC(=O)N4CCCC4)CC3)cn2c1N(C)c1nc(-c2ccc(F)cc2)cs1. The van der Waals surface area contributed by atoms with Crippen molar-refractivity contribution in [1.82, 2.24) is 24.2 Å². The monoisotopic (exact) mass is 546 g/mol. The van der Waals surface area contributed by atoms with Gasteiger partial charge in [-0.2, -0.15) is 0 Å². The second-order valence-electron chi connectivity index (χ2n) is 10.6. The maximum atomic E-state index is 13.4. The fraction of sp³-hybridized carbons (Fsp3) is 0.433. The molecule has 7 nitrogen and oxygen atoms in total. The number of amides is 1. The quantitative estimate of drug-likeness (QED) is 0.296. The molecule has 3 aromatic heterocycles. The summed E-state index contributed by atoms with van der Waals surface area (Å²) in [5.74, 6) is 1.53. The summed E-state index contributed by atoms with van der Waals surface area (Å²) in [6.07, 6.45) is 7.44. The van der Waals surface area contributed by atoms with Gasteiger partial charge in [0.25, 0.3) is 0 Å². The molecule has 1 amide bonds. The summed E-state index contributed by atoms with van der Waals surface area (Å²) in [5.41, 5.74) is 5.01. The lowest BCUT2D eigenvalue weighted by atomic mass is 9.90. The maximum absolute atomic E-state index is 13.4. The minimum absolute atomic E-state index is 0.248. The summed E-state index contributed by atoms with van der Waals surface area (Å²) in [6, 6.07) is 10.8. The van der Waals surface area contributed by atoms with Gasteiger partial charge in [-0.05, 0) is 87.0 Å². The van der Waals surface area contributed by atoms with E-state index in [1.54, 1.807) is 23.5 Å². The Labute approximate surface area is 232 Å². The summed E-state index contributed by atoms with van der Waals surface area (Å²) in [6.45, 7) is 6.42. The smallest absolute Gasteiger partial charge is 0.236 e. The van der Waals surface area contributed by atoms with E-state index in [4.69, 9.17) is 9.97 Å². The third-order valence-corrected chi connectivity index (χ3v) is 9.05. The first-order valence-electron chi connectivity index (χ1n) is 14.0. The summed E-state index contributed by atoms with van der Waals surface area (Å²) in [7, 11) is 2.04. The molecule has 2 aliphatic rings. The molecule has 4 aromatic rings. The minimum atomic E-state index is -0.248. The highest BCUT2D eigenvalue weighted by Crippen LogP contribution is 2.35. The van der Waals surface area contributed by atoms with Crippen molar-refractivity contribution in [3.05, 3.63) is 65.0 Å². The van der Waals surface area contributed by atoms with Crippen LogP contribution in [0, 0.1) is 5.82 Å². The van der Waals surface area contributed by atoms with E-state index in [1.165, 1.54) is 17.7 Å². The molecule has 0 atom stereocenters. The first kappa shape index (κ1) is 26.0. The number of hydrogen-bond donors (Lipinski definition) is 0. The molecule has 2 aliphatic heterocycles. The summed E-state index contributed by atoms with van der Waals surface area (Å²) < 4.78 is 15.6. The van der Waals surface area contributed by atoms with Gasteiger partial charge in [0.2, 0.25) is 5.91 Å². The second kappa shape index (κ2) is 11.1. The van der Waals surface area contributed by atoms with Crippen molar-refractivity contribution in [1.29, 1.82) is 0 Å². The molecule has 2 saturated heterocycles. The van der Waals surface area contributed by atoms with Crippen LogP contribution in [0.4, 0.5) is 15.3 Å². The van der Waals surface area contributed by atoms with Crippen LogP contribution >= 0.6 is 11.3 Å². The van der Waals surface area contributed by atoms with Crippen molar-refractivity contribution < 1.29 is 9.18 Å². The van der Waals surface area contributed by atoms with Gasteiger partial charge in [-0.25, -0.2) is 14.4 Å². The predicted molar refractivity (Wildman–Crippen MR) is 154 cm³/mol. The van der Waals surface area contributed by atoms with Gasteiger partial charge in [0, 0.05) is 37.3 Å². The molecule has 2 fully saturated rings. The minimum Gasteiger partial charge on any atom is -0.342 e. The molecule has 0 spiro atoms. The van der Waals surface area contributed by atoms with E-state index in [1.807, 2.05) is 17.3 Å². The average molecular weight is 547 g/mol. The number of fused-ring (bicyclic) bond motifs is 1. The Hall–Kier alpha value is -3.30. The largest absolute Gasteiger partial charge is 0.342 e. The number of imidazole rings is 1. The van der Waals surface area contributed by atoms with Crippen molar-refractivity contribution in [2.45, 2.75) is 44.9 Å². The Morgan fingerprint density at radius 3 is 2.51 bits per heavy atom. The number of aryl methyl sites for hydroxylation is 1. The third kappa shape index (κ3) is 5.30. The Morgan fingerprint density at radius 1 is 1.05 bits per heavy atom. The van der Waals surface area contributed by atoms with Crippen molar-refractivity contribution >= 4 is 33.8 Å². The van der Waals surface area contributed by atoms with E-state index in [2.05, 4.69) is 39.5 Å². The number of thiazole rings is 1. The van der Waals surface area contributed by atoms with Gasteiger partial charge < -0.3 is 9.80 Å². The predicted octanol–water partition coefficient (Wildman–Crippen LogP) is 5.73. The van der Waals surface area contributed by atoms with Crippen molar-refractivity contribution in [3.63, 3.8) is 0 Å². The van der Waals surface area contributed by atoms with Gasteiger partial charge in [0.05, 0.1) is 17.9 Å². The molecule has 0 unspecified atom stereocenters. The fourth-order valence-corrected chi connectivity index (χ4v) is 6.68. The topological polar surface area (TPSA) is 57.0 Å². The first-order chi connectivity index (χ1) is 19.0. The van der Waals surface area contributed by atoms with Crippen LogP contribution in [0.25, 0.3) is 16.9 Å². The van der Waals surface area contributed by atoms with Crippen LogP contribution in [0.2, 0.25) is 0 Å². The molecular weight excluding hydrogens is 511 g/mol. The third-order valence-electron chi connectivity index (χ3n) is 8.13. The molecule has 9 heteroatoms. The van der Waals surface area contributed by atoms with E-state index in [9.17, 15) is 9.18 Å². The van der Waals surface area contributed by atoms with Gasteiger partial charge in [-0.15, -0.1) is 11.3 Å². The van der Waals surface area contributed by atoms with E-state index in [0.29, 0.717) is 12.5 Å². The molecule has 0 bridgehead atoms. The van der Waals surface area contributed by atoms with Crippen LogP contribution in [0.1, 0.15) is 49.8 Å². The maximum Gasteiger partial charge on any atom is 0.236 e. The van der Waals surface area contributed by atoms with Gasteiger partial charge in [0.1, 0.15) is 17.3 Å².